The maximum atomic E-state index is 5.23. The Morgan fingerprint density at radius 1 is 0.370 bits per heavy atom. The number of nitrogens with zero attached hydrogens (tertiary/aromatic N) is 4. The summed E-state index contributed by atoms with van der Waals surface area (Å²) in [7, 11) is 0. The van der Waals surface area contributed by atoms with Crippen molar-refractivity contribution >= 4 is 54.4 Å². The first-order valence-electron chi connectivity index (χ1n) is 18.3. The van der Waals surface area contributed by atoms with Gasteiger partial charge in [0.1, 0.15) is 0 Å². The van der Waals surface area contributed by atoms with Crippen LogP contribution in [0, 0.1) is 0 Å². The van der Waals surface area contributed by atoms with E-state index < -0.39 is 0 Å². The zero-order valence-electron chi connectivity index (χ0n) is 29.3. The Kier molecular flexibility index (Phi) is 6.82. The minimum Gasteiger partial charge on any atom is -0.317 e. The van der Waals surface area contributed by atoms with Gasteiger partial charge in [0.2, 0.25) is 0 Å². The van der Waals surface area contributed by atoms with Crippen LogP contribution < -0.4 is 0 Å². The molecule has 0 bridgehead atoms. The topological polar surface area (TPSA) is 35.6 Å². The summed E-state index contributed by atoms with van der Waals surface area (Å²) in [5.41, 5.74) is 12.1. The molecular formula is C50H32N4. The van der Waals surface area contributed by atoms with Crippen molar-refractivity contribution in [1.29, 1.82) is 0 Å². The largest absolute Gasteiger partial charge is 0.317 e. The molecule has 0 aliphatic heterocycles. The minimum atomic E-state index is 0.708. The molecule has 0 saturated carbocycles. The quantitative estimate of drug-likeness (QED) is 0.180. The molecule has 11 aromatic rings. The van der Waals surface area contributed by atoms with Crippen LogP contribution in [-0.4, -0.2) is 19.1 Å². The van der Waals surface area contributed by atoms with Crippen molar-refractivity contribution in [2.24, 2.45) is 0 Å². The van der Waals surface area contributed by atoms with Gasteiger partial charge in [0.25, 0.3) is 0 Å². The van der Waals surface area contributed by atoms with Gasteiger partial charge in [-0.15, -0.1) is 0 Å². The maximum absolute atomic E-state index is 5.23. The fourth-order valence-corrected chi connectivity index (χ4v) is 8.25. The number of para-hydroxylation sites is 3. The number of hydrogen-bond acceptors (Lipinski definition) is 2. The fourth-order valence-electron chi connectivity index (χ4n) is 8.25. The molecule has 0 aliphatic carbocycles. The van der Waals surface area contributed by atoms with Crippen molar-refractivity contribution in [2.45, 2.75) is 0 Å². The molecule has 252 valence electrons. The van der Waals surface area contributed by atoms with Gasteiger partial charge in [0, 0.05) is 50.2 Å². The van der Waals surface area contributed by atoms with Crippen molar-refractivity contribution in [2.75, 3.05) is 0 Å². The summed E-state index contributed by atoms with van der Waals surface area (Å²) in [5.74, 6) is 0.708. The smallest absolute Gasteiger partial charge is 0.160 e. The second-order valence-corrected chi connectivity index (χ2v) is 13.8. The highest BCUT2D eigenvalue weighted by atomic mass is 15.0. The Morgan fingerprint density at radius 3 is 1.87 bits per heavy atom. The standard InChI is InChI=1S/C50H32N4/c1-2-13-37(14-3-1)53-32-31-43-45(53)29-30-47-48(43)42-17-7-9-20-46(42)54(47)38-27-25-36(26-28-38)50-51-44-19-8-6-16-41(44)49(52-50)35-23-21-34(22-24-35)40-18-10-12-33-11-4-5-15-39(33)40/h1-32H. The molecule has 0 N–H and O–H groups in total. The summed E-state index contributed by atoms with van der Waals surface area (Å²) < 4.78 is 4.64. The van der Waals surface area contributed by atoms with Gasteiger partial charge in [0.05, 0.1) is 27.8 Å². The summed E-state index contributed by atoms with van der Waals surface area (Å²) in [6.07, 6.45) is 2.18. The van der Waals surface area contributed by atoms with Crippen LogP contribution in [0.3, 0.4) is 0 Å². The number of aromatic nitrogens is 4. The van der Waals surface area contributed by atoms with E-state index in [4.69, 9.17) is 9.97 Å². The van der Waals surface area contributed by atoms with Crippen LogP contribution in [0.25, 0.3) is 99.5 Å². The van der Waals surface area contributed by atoms with E-state index in [1.165, 1.54) is 54.6 Å². The van der Waals surface area contributed by atoms with E-state index in [0.717, 1.165) is 39.1 Å². The number of rotatable bonds is 5. The third-order valence-corrected chi connectivity index (χ3v) is 10.8. The molecule has 0 fully saturated rings. The van der Waals surface area contributed by atoms with Crippen molar-refractivity contribution in [1.82, 2.24) is 19.1 Å². The second-order valence-electron chi connectivity index (χ2n) is 13.8. The van der Waals surface area contributed by atoms with Crippen LogP contribution in [0.1, 0.15) is 0 Å². The van der Waals surface area contributed by atoms with Gasteiger partial charge in [-0.2, -0.15) is 0 Å². The minimum absolute atomic E-state index is 0.708. The average Bonchev–Trinajstić information content (AvgIpc) is 3.83. The normalized spacial score (nSPS) is 11.7. The Morgan fingerprint density at radius 2 is 1.02 bits per heavy atom. The lowest BCUT2D eigenvalue weighted by Crippen LogP contribution is -1.97. The summed E-state index contributed by atoms with van der Waals surface area (Å²) in [6, 6.07) is 66.8. The molecule has 0 amide bonds. The first-order valence-corrected chi connectivity index (χ1v) is 18.3. The highest BCUT2D eigenvalue weighted by Crippen LogP contribution is 2.39. The van der Waals surface area contributed by atoms with Crippen LogP contribution in [0.5, 0.6) is 0 Å². The zero-order chi connectivity index (χ0) is 35.6. The van der Waals surface area contributed by atoms with Crippen LogP contribution in [-0.2, 0) is 0 Å². The average molecular weight is 689 g/mol. The van der Waals surface area contributed by atoms with Crippen LogP contribution in [0.2, 0.25) is 0 Å². The molecule has 0 aliphatic rings. The second kappa shape index (κ2) is 12.1. The van der Waals surface area contributed by atoms with Gasteiger partial charge >= 0.3 is 0 Å². The summed E-state index contributed by atoms with van der Waals surface area (Å²) >= 11 is 0. The van der Waals surface area contributed by atoms with Gasteiger partial charge in [-0.3, -0.25) is 0 Å². The molecule has 3 aromatic heterocycles. The Balaban J connectivity index is 1.00. The maximum Gasteiger partial charge on any atom is 0.160 e. The van der Waals surface area contributed by atoms with Crippen molar-refractivity contribution in [3.63, 3.8) is 0 Å². The van der Waals surface area contributed by atoms with Gasteiger partial charge in [-0.25, -0.2) is 9.97 Å². The number of fused-ring (bicyclic) bond motifs is 7. The Bertz CT molecular complexity index is 3180. The fraction of sp³-hybridized carbons (Fsp3) is 0. The number of hydrogen-bond donors (Lipinski definition) is 0. The molecule has 4 nitrogen and oxygen atoms in total. The van der Waals surface area contributed by atoms with E-state index >= 15 is 0 Å². The lowest BCUT2D eigenvalue weighted by molar-refractivity contribution is 1.13. The van der Waals surface area contributed by atoms with E-state index in [9.17, 15) is 0 Å². The number of benzene rings is 8. The van der Waals surface area contributed by atoms with Gasteiger partial charge in [0.15, 0.2) is 5.82 Å². The first-order chi connectivity index (χ1) is 26.8. The third kappa shape index (κ3) is 4.78. The van der Waals surface area contributed by atoms with Gasteiger partial charge < -0.3 is 9.13 Å². The predicted molar refractivity (Wildman–Crippen MR) is 225 cm³/mol. The van der Waals surface area contributed by atoms with E-state index in [2.05, 4.69) is 197 Å². The lowest BCUT2D eigenvalue weighted by atomic mass is 9.96. The van der Waals surface area contributed by atoms with E-state index in [1.807, 2.05) is 6.07 Å². The van der Waals surface area contributed by atoms with Crippen molar-refractivity contribution < 1.29 is 0 Å². The summed E-state index contributed by atoms with van der Waals surface area (Å²) in [6.45, 7) is 0. The molecule has 3 heterocycles. The van der Waals surface area contributed by atoms with Crippen LogP contribution in [0.4, 0.5) is 0 Å². The third-order valence-electron chi connectivity index (χ3n) is 10.8. The van der Waals surface area contributed by atoms with Crippen molar-refractivity contribution in [3.8, 4) is 45.1 Å². The molecule has 0 radical (unpaired) electrons. The van der Waals surface area contributed by atoms with Crippen LogP contribution in [0.15, 0.2) is 194 Å². The molecule has 8 aromatic carbocycles. The lowest BCUT2D eigenvalue weighted by Gasteiger charge is -2.12. The molecule has 0 atom stereocenters. The van der Waals surface area contributed by atoms with E-state index in [1.54, 1.807) is 0 Å². The van der Waals surface area contributed by atoms with Gasteiger partial charge in [-0.05, 0) is 88.6 Å². The molecule has 11 rings (SSSR count). The molecule has 0 saturated heterocycles. The predicted octanol–water partition coefficient (Wildman–Crippen LogP) is 12.8. The zero-order valence-corrected chi connectivity index (χ0v) is 29.3. The van der Waals surface area contributed by atoms with E-state index in [-0.39, 0.29) is 0 Å². The molecule has 0 spiro atoms. The molecule has 4 heteroatoms. The summed E-state index contributed by atoms with van der Waals surface area (Å²) in [4.78, 5) is 10.3. The Hall–Kier alpha value is -7.30. The molecule has 54 heavy (non-hydrogen) atoms. The molecular weight excluding hydrogens is 657 g/mol. The monoisotopic (exact) mass is 688 g/mol. The van der Waals surface area contributed by atoms with Gasteiger partial charge in [-0.1, -0.05) is 121 Å². The summed E-state index contributed by atoms with van der Waals surface area (Å²) in [5, 5.41) is 7.27. The Labute approximate surface area is 311 Å². The SMILES string of the molecule is c1ccc(-n2ccc3c4c5ccccc5n(-c5ccc(-c6nc(-c7ccc(-c8cccc9ccccc89)cc7)c7ccccc7n6)cc5)c4ccc32)cc1. The highest BCUT2D eigenvalue weighted by Gasteiger charge is 2.18. The van der Waals surface area contributed by atoms with E-state index in [0.29, 0.717) is 5.82 Å². The first kappa shape index (κ1) is 30.3. The van der Waals surface area contributed by atoms with Crippen LogP contribution >= 0.6 is 0 Å². The molecule has 0 unspecified atom stereocenters. The highest BCUT2D eigenvalue weighted by molar-refractivity contribution is 6.21. The van der Waals surface area contributed by atoms with Crippen molar-refractivity contribution in [3.05, 3.63) is 194 Å².